The summed E-state index contributed by atoms with van der Waals surface area (Å²) in [5.41, 5.74) is 1.65. The molecule has 0 saturated heterocycles. The first-order valence-corrected chi connectivity index (χ1v) is 6.12. The number of hydrogen-bond acceptors (Lipinski definition) is 1. The largest absolute Gasteiger partial charge is 0.292 e. The molecule has 0 N–H and O–H groups in total. The average molecular weight is 211 g/mol. The van der Waals surface area contributed by atoms with Gasteiger partial charge in [-0.3, -0.25) is 4.99 Å². The zero-order valence-corrected chi connectivity index (χ0v) is 9.47. The van der Waals surface area contributed by atoms with E-state index >= 15 is 0 Å². The third-order valence-electron chi connectivity index (χ3n) is 3.71. The highest BCUT2D eigenvalue weighted by molar-refractivity contribution is 5.82. The molecule has 0 bridgehead atoms. The van der Waals surface area contributed by atoms with Gasteiger partial charge in [-0.25, -0.2) is 0 Å². The molecule has 0 aromatic carbocycles. The Balaban J connectivity index is 1.59. The Kier molecular flexibility index (Phi) is 2.39. The number of fused-ring (bicyclic) bond motifs is 1. The first-order valence-electron chi connectivity index (χ1n) is 6.12. The predicted molar refractivity (Wildman–Crippen MR) is 68.6 cm³/mol. The van der Waals surface area contributed by atoms with Crippen LogP contribution in [0, 0.1) is 11.3 Å². The quantitative estimate of drug-likeness (QED) is 0.634. The van der Waals surface area contributed by atoms with Crippen LogP contribution >= 0.6 is 0 Å². The molecule has 1 heteroatoms. The topological polar surface area (TPSA) is 12.4 Å². The fourth-order valence-corrected chi connectivity index (χ4v) is 2.53. The van der Waals surface area contributed by atoms with E-state index in [2.05, 4.69) is 47.5 Å². The maximum Gasteiger partial charge on any atom is 0.0486 e. The summed E-state index contributed by atoms with van der Waals surface area (Å²) in [6.45, 7) is 0.948. The maximum atomic E-state index is 4.60. The molecule has 0 heterocycles. The zero-order chi connectivity index (χ0) is 10.8. The van der Waals surface area contributed by atoms with E-state index < -0.39 is 0 Å². The van der Waals surface area contributed by atoms with Crippen molar-refractivity contribution in [2.45, 2.75) is 19.3 Å². The molecule has 0 spiro atoms. The van der Waals surface area contributed by atoms with Gasteiger partial charge in [0.1, 0.15) is 0 Å². The molecule has 3 rings (SSSR count). The Labute approximate surface area is 97.0 Å². The fourth-order valence-electron chi connectivity index (χ4n) is 2.53. The van der Waals surface area contributed by atoms with Crippen molar-refractivity contribution in [3.63, 3.8) is 0 Å². The molecular weight excluding hydrogens is 194 g/mol. The SMILES string of the molecule is C1=CC2CC2(CN=CC2=CCCC=C2)C=C1. The molecule has 2 unspecified atom stereocenters. The van der Waals surface area contributed by atoms with Gasteiger partial charge in [0.15, 0.2) is 0 Å². The van der Waals surface area contributed by atoms with Crippen LogP contribution in [0.1, 0.15) is 19.3 Å². The highest BCUT2D eigenvalue weighted by Gasteiger charge is 2.50. The summed E-state index contributed by atoms with van der Waals surface area (Å²) in [7, 11) is 0. The van der Waals surface area contributed by atoms with Crippen LogP contribution in [-0.4, -0.2) is 12.8 Å². The highest BCUT2D eigenvalue weighted by Crippen LogP contribution is 2.56. The van der Waals surface area contributed by atoms with E-state index in [-0.39, 0.29) is 0 Å². The van der Waals surface area contributed by atoms with Gasteiger partial charge in [-0.15, -0.1) is 0 Å². The van der Waals surface area contributed by atoms with E-state index in [1.165, 1.54) is 18.4 Å². The van der Waals surface area contributed by atoms with Gasteiger partial charge in [0, 0.05) is 18.2 Å². The molecule has 0 aliphatic heterocycles. The summed E-state index contributed by atoms with van der Waals surface area (Å²) in [6, 6.07) is 0. The Morgan fingerprint density at radius 1 is 1.38 bits per heavy atom. The van der Waals surface area contributed by atoms with Crippen LogP contribution < -0.4 is 0 Å². The summed E-state index contributed by atoms with van der Waals surface area (Å²) in [4.78, 5) is 4.60. The molecule has 2 atom stereocenters. The van der Waals surface area contributed by atoms with Crippen molar-refractivity contribution in [1.82, 2.24) is 0 Å². The van der Waals surface area contributed by atoms with E-state index in [4.69, 9.17) is 0 Å². The van der Waals surface area contributed by atoms with Crippen molar-refractivity contribution >= 4 is 6.21 Å². The number of rotatable bonds is 3. The molecule has 3 aliphatic rings. The van der Waals surface area contributed by atoms with E-state index in [9.17, 15) is 0 Å². The van der Waals surface area contributed by atoms with Crippen molar-refractivity contribution < 1.29 is 0 Å². The zero-order valence-electron chi connectivity index (χ0n) is 9.47. The fraction of sp³-hybridized carbons (Fsp3) is 0.400. The third kappa shape index (κ3) is 1.82. The Bertz CT molecular complexity index is 423. The molecule has 82 valence electrons. The lowest BCUT2D eigenvalue weighted by atomic mass is 10.00. The lowest BCUT2D eigenvalue weighted by Gasteiger charge is -2.10. The minimum atomic E-state index is 0.379. The molecule has 3 aliphatic carbocycles. The Morgan fingerprint density at radius 2 is 2.38 bits per heavy atom. The van der Waals surface area contributed by atoms with Crippen molar-refractivity contribution in [2.75, 3.05) is 6.54 Å². The van der Waals surface area contributed by atoms with Gasteiger partial charge in [-0.05, 0) is 30.8 Å². The smallest absolute Gasteiger partial charge is 0.0486 e. The lowest BCUT2D eigenvalue weighted by molar-refractivity contribution is 0.626. The number of nitrogens with zero attached hydrogens (tertiary/aromatic N) is 1. The second-order valence-electron chi connectivity index (χ2n) is 4.94. The summed E-state index contributed by atoms with van der Waals surface area (Å²) < 4.78 is 0. The molecule has 1 fully saturated rings. The van der Waals surface area contributed by atoms with Crippen molar-refractivity contribution in [1.29, 1.82) is 0 Å². The predicted octanol–water partition coefficient (Wildman–Crippen LogP) is 3.47. The minimum absolute atomic E-state index is 0.379. The number of aliphatic imine (C=N–C) groups is 1. The van der Waals surface area contributed by atoms with Crippen molar-refractivity contribution in [2.24, 2.45) is 16.3 Å². The van der Waals surface area contributed by atoms with Crippen LogP contribution in [0.15, 0.2) is 53.1 Å². The first kappa shape index (κ1) is 9.83. The standard InChI is InChI=1S/C15H17N/c1-2-6-13(7-3-1)11-16-12-15-9-5-4-8-14(15)10-15/h2,4-9,11,14H,1,3,10,12H2. The minimum Gasteiger partial charge on any atom is -0.292 e. The number of allylic oxidation sites excluding steroid dienone is 7. The summed E-state index contributed by atoms with van der Waals surface area (Å²) in [5, 5.41) is 0. The van der Waals surface area contributed by atoms with Crippen molar-refractivity contribution in [3.05, 3.63) is 48.1 Å². The maximum absolute atomic E-state index is 4.60. The molecule has 16 heavy (non-hydrogen) atoms. The molecular formula is C15H17N. The summed E-state index contributed by atoms with van der Waals surface area (Å²) in [6.07, 6.45) is 21.3. The average Bonchev–Trinajstić information content (AvgIpc) is 3.05. The normalized spacial score (nSPS) is 35.2. The van der Waals surface area contributed by atoms with Gasteiger partial charge in [0.2, 0.25) is 0 Å². The highest BCUT2D eigenvalue weighted by atomic mass is 14.8. The van der Waals surface area contributed by atoms with Gasteiger partial charge in [0.05, 0.1) is 0 Å². The molecule has 0 amide bonds. The van der Waals surface area contributed by atoms with Crippen LogP contribution in [0.25, 0.3) is 0 Å². The van der Waals surface area contributed by atoms with Crippen LogP contribution in [0.2, 0.25) is 0 Å². The second kappa shape index (κ2) is 3.89. The summed E-state index contributed by atoms with van der Waals surface area (Å²) in [5.74, 6) is 0.755. The van der Waals surface area contributed by atoms with Gasteiger partial charge >= 0.3 is 0 Å². The van der Waals surface area contributed by atoms with Crippen molar-refractivity contribution in [3.8, 4) is 0 Å². The molecule has 0 radical (unpaired) electrons. The monoisotopic (exact) mass is 211 g/mol. The Hall–Kier alpha value is -1.37. The Morgan fingerprint density at radius 3 is 3.19 bits per heavy atom. The van der Waals surface area contributed by atoms with Gasteiger partial charge in [-0.1, -0.05) is 42.5 Å². The van der Waals surface area contributed by atoms with Gasteiger partial charge in [-0.2, -0.15) is 0 Å². The van der Waals surface area contributed by atoms with Crippen LogP contribution in [0.4, 0.5) is 0 Å². The molecule has 1 saturated carbocycles. The van der Waals surface area contributed by atoms with Gasteiger partial charge in [0.25, 0.3) is 0 Å². The third-order valence-corrected chi connectivity index (χ3v) is 3.71. The van der Waals surface area contributed by atoms with Crippen LogP contribution in [-0.2, 0) is 0 Å². The van der Waals surface area contributed by atoms with Crippen LogP contribution in [0.3, 0.4) is 0 Å². The molecule has 0 aromatic rings. The van der Waals surface area contributed by atoms with Crippen LogP contribution in [0.5, 0.6) is 0 Å². The van der Waals surface area contributed by atoms with E-state index in [1.54, 1.807) is 0 Å². The second-order valence-corrected chi connectivity index (χ2v) is 4.94. The van der Waals surface area contributed by atoms with E-state index in [1.807, 2.05) is 6.21 Å². The number of hydrogen-bond donors (Lipinski definition) is 0. The van der Waals surface area contributed by atoms with Gasteiger partial charge < -0.3 is 0 Å². The lowest BCUT2D eigenvalue weighted by Crippen LogP contribution is -2.06. The van der Waals surface area contributed by atoms with E-state index in [0.717, 1.165) is 18.9 Å². The summed E-state index contributed by atoms with van der Waals surface area (Å²) >= 11 is 0. The van der Waals surface area contributed by atoms with E-state index in [0.29, 0.717) is 5.41 Å². The molecule has 0 aromatic heterocycles. The molecule has 1 nitrogen and oxygen atoms in total. The first-order chi connectivity index (χ1) is 7.89.